The van der Waals surface area contributed by atoms with Crippen LogP contribution in [0.4, 0.5) is 0 Å². The van der Waals surface area contributed by atoms with Gasteiger partial charge in [-0.05, 0) is 43.5 Å². The van der Waals surface area contributed by atoms with Crippen LogP contribution in [0.2, 0.25) is 0 Å². The molecule has 0 aliphatic heterocycles. The number of hydrogen-bond acceptors (Lipinski definition) is 4. The van der Waals surface area contributed by atoms with Gasteiger partial charge in [-0.2, -0.15) is 0 Å². The van der Waals surface area contributed by atoms with Crippen molar-refractivity contribution >= 4 is 17.1 Å². The van der Waals surface area contributed by atoms with Gasteiger partial charge >= 0.3 is 5.69 Å². The van der Waals surface area contributed by atoms with Crippen LogP contribution in [0.15, 0.2) is 69.3 Å². The van der Waals surface area contributed by atoms with Crippen LogP contribution in [0.5, 0.6) is 5.88 Å². The number of aromatic nitrogens is 3. The summed E-state index contributed by atoms with van der Waals surface area (Å²) in [6, 6.07) is 15.1. The van der Waals surface area contributed by atoms with Crippen LogP contribution in [0.1, 0.15) is 30.0 Å². The van der Waals surface area contributed by atoms with Crippen molar-refractivity contribution < 1.29 is 5.11 Å². The molecule has 1 unspecified atom stereocenters. The van der Waals surface area contributed by atoms with E-state index in [4.69, 9.17) is 0 Å². The van der Waals surface area contributed by atoms with Gasteiger partial charge in [0.25, 0.3) is 5.56 Å². The maximum absolute atomic E-state index is 12.4. The average Bonchev–Trinajstić information content (AvgIpc) is 3.16. The van der Waals surface area contributed by atoms with Crippen LogP contribution in [0.3, 0.4) is 0 Å². The second-order valence-corrected chi connectivity index (χ2v) is 7.57. The summed E-state index contributed by atoms with van der Waals surface area (Å²) in [5.41, 5.74) is 2.27. The Bertz CT molecular complexity index is 1360. The number of benzene rings is 2. The molecule has 0 saturated heterocycles. The van der Waals surface area contributed by atoms with Gasteiger partial charge in [-0.3, -0.25) is 14.8 Å². The summed E-state index contributed by atoms with van der Waals surface area (Å²) in [6.45, 7) is 3.95. The van der Waals surface area contributed by atoms with E-state index in [1.165, 1.54) is 6.21 Å². The van der Waals surface area contributed by atoms with Crippen LogP contribution in [0.25, 0.3) is 16.6 Å². The highest BCUT2D eigenvalue weighted by Gasteiger charge is 2.15. The molecule has 0 fully saturated rings. The molecule has 3 N–H and O–H groups in total. The minimum absolute atomic E-state index is 0.0439. The van der Waals surface area contributed by atoms with Gasteiger partial charge in [0.05, 0.1) is 11.7 Å². The van der Waals surface area contributed by atoms with Crippen molar-refractivity contribution in [2.24, 2.45) is 4.99 Å². The molecule has 0 bridgehead atoms. The van der Waals surface area contributed by atoms with Crippen molar-refractivity contribution in [2.45, 2.75) is 32.7 Å². The Morgan fingerprint density at radius 1 is 1.13 bits per heavy atom. The van der Waals surface area contributed by atoms with E-state index in [0.29, 0.717) is 12.1 Å². The highest BCUT2D eigenvalue weighted by Crippen LogP contribution is 2.21. The van der Waals surface area contributed by atoms with Crippen molar-refractivity contribution in [1.82, 2.24) is 14.5 Å². The number of hydrogen-bond donors (Lipinski definition) is 3. The largest absolute Gasteiger partial charge is 0.493 e. The number of nitrogens with zero attached hydrogens (tertiary/aromatic N) is 2. The summed E-state index contributed by atoms with van der Waals surface area (Å²) >= 11 is 0. The second-order valence-electron chi connectivity index (χ2n) is 7.57. The van der Waals surface area contributed by atoms with Gasteiger partial charge in [0.1, 0.15) is 5.56 Å². The van der Waals surface area contributed by atoms with E-state index in [-0.39, 0.29) is 11.6 Å². The summed E-state index contributed by atoms with van der Waals surface area (Å²) in [7, 11) is 0. The summed E-state index contributed by atoms with van der Waals surface area (Å²) in [5.74, 6) is -0.427. The highest BCUT2D eigenvalue weighted by atomic mass is 16.3. The number of aryl methyl sites for hydroxylation is 1. The standard InChI is InChI=1S/C24H24N4O3/c1-3-17(12-16-13-26-21-7-5-4-6-19(16)21)25-14-20-22(29)27-24(31)28(23(20)30)18-10-8-15(2)9-11-18/h4-11,13-14,17,26,30H,3,12H2,1-2H3,(H,27,29,31). The number of aromatic hydroxyl groups is 1. The van der Waals surface area contributed by atoms with Gasteiger partial charge in [0, 0.05) is 23.3 Å². The first-order valence-electron chi connectivity index (χ1n) is 10.2. The fourth-order valence-corrected chi connectivity index (χ4v) is 3.63. The minimum Gasteiger partial charge on any atom is -0.493 e. The zero-order valence-corrected chi connectivity index (χ0v) is 17.4. The fourth-order valence-electron chi connectivity index (χ4n) is 3.63. The smallest absolute Gasteiger partial charge is 0.335 e. The Hall–Kier alpha value is -3.87. The lowest BCUT2D eigenvalue weighted by Gasteiger charge is -2.11. The Labute approximate surface area is 178 Å². The van der Waals surface area contributed by atoms with E-state index in [9.17, 15) is 14.7 Å². The first kappa shape index (κ1) is 20.4. The first-order chi connectivity index (χ1) is 15.0. The molecule has 2 heterocycles. The van der Waals surface area contributed by atoms with E-state index in [0.717, 1.165) is 33.0 Å². The van der Waals surface area contributed by atoms with Crippen molar-refractivity contribution in [2.75, 3.05) is 0 Å². The lowest BCUT2D eigenvalue weighted by Crippen LogP contribution is -2.31. The maximum Gasteiger partial charge on any atom is 0.335 e. The summed E-state index contributed by atoms with van der Waals surface area (Å²) in [5, 5.41) is 11.8. The van der Waals surface area contributed by atoms with Crippen molar-refractivity contribution in [1.29, 1.82) is 0 Å². The molecule has 0 amide bonds. The van der Waals surface area contributed by atoms with E-state index in [1.807, 2.05) is 50.4 Å². The summed E-state index contributed by atoms with van der Waals surface area (Å²) in [4.78, 5) is 34.8. The summed E-state index contributed by atoms with van der Waals surface area (Å²) < 4.78 is 1.07. The average molecular weight is 416 g/mol. The SMILES string of the molecule is CCC(Cc1c[nH]c2ccccc12)N=Cc1c(O)n(-c2ccc(C)cc2)c(=O)[nH]c1=O. The number of aromatic amines is 2. The fraction of sp³-hybridized carbons (Fsp3) is 0.208. The van der Waals surface area contributed by atoms with Gasteiger partial charge < -0.3 is 10.1 Å². The van der Waals surface area contributed by atoms with Gasteiger partial charge in [-0.25, -0.2) is 9.36 Å². The molecule has 0 spiro atoms. The molecular weight excluding hydrogens is 392 g/mol. The van der Waals surface area contributed by atoms with Crippen LogP contribution in [-0.4, -0.2) is 31.9 Å². The third-order valence-electron chi connectivity index (χ3n) is 5.43. The van der Waals surface area contributed by atoms with Gasteiger partial charge in [0.15, 0.2) is 0 Å². The third kappa shape index (κ3) is 4.07. The quantitative estimate of drug-likeness (QED) is 0.419. The molecule has 0 aliphatic carbocycles. The predicted molar refractivity (Wildman–Crippen MR) is 123 cm³/mol. The first-order valence-corrected chi connectivity index (χ1v) is 10.2. The molecule has 2 aromatic carbocycles. The predicted octanol–water partition coefficient (Wildman–Crippen LogP) is 3.46. The van der Waals surface area contributed by atoms with Crippen LogP contribution in [-0.2, 0) is 6.42 Å². The molecule has 7 heteroatoms. The number of para-hydroxylation sites is 1. The molecule has 0 saturated carbocycles. The Balaban J connectivity index is 1.67. The van der Waals surface area contributed by atoms with E-state index < -0.39 is 17.1 Å². The van der Waals surface area contributed by atoms with Crippen molar-refractivity contribution in [3.8, 4) is 11.6 Å². The van der Waals surface area contributed by atoms with Gasteiger partial charge in [-0.1, -0.05) is 42.8 Å². The number of rotatable bonds is 6. The molecule has 2 aromatic heterocycles. The second kappa shape index (κ2) is 8.47. The molecule has 0 aliphatic rings. The molecular formula is C24H24N4O3. The van der Waals surface area contributed by atoms with E-state index in [2.05, 4.69) is 21.0 Å². The minimum atomic E-state index is -0.700. The van der Waals surface area contributed by atoms with E-state index >= 15 is 0 Å². The van der Waals surface area contributed by atoms with E-state index in [1.54, 1.807) is 12.1 Å². The highest BCUT2D eigenvalue weighted by molar-refractivity contribution is 5.84. The normalized spacial score (nSPS) is 12.6. The molecule has 7 nitrogen and oxygen atoms in total. The topological polar surface area (TPSA) is 103 Å². The van der Waals surface area contributed by atoms with Crippen molar-refractivity contribution in [3.05, 3.63) is 92.3 Å². The molecule has 31 heavy (non-hydrogen) atoms. The lowest BCUT2D eigenvalue weighted by molar-refractivity contribution is 0.430. The Morgan fingerprint density at radius 3 is 2.61 bits per heavy atom. The van der Waals surface area contributed by atoms with Crippen LogP contribution < -0.4 is 11.2 Å². The zero-order chi connectivity index (χ0) is 22.0. The van der Waals surface area contributed by atoms with Gasteiger partial charge in [-0.15, -0.1) is 0 Å². The third-order valence-corrected chi connectivity index (χ3v) is 5.43. The zero-order valence-electron chi connectivity index (χ0n) is 17.4. The maximum atomic E-state index is 12.4. The monoisotopic (exact) mass is 416 g/mol. The number of nitrogens with one attached hydrogen (secondary N) is 2. The number of fused-ring (bicyclic) bond motifs is 1. The van der Waals surface area contributed by atoms with Crippen LogP contribution in [0, 0.1) is 6.92 Å². The number of aliphatic imine (C=N–C) groups is 1. The van der Waals surface area contributed by atoms with Gasteiger partial charge in [0.2, 0.25) is 5.88 Å². The Kier molecular flexibility index (Phi) is 5.58. The van der Waals surface area contributed by atoms with Crippen molar-refractivity contribution in [3.63, 3.8) is 0 Å². The number of H-pyrrole nitrogens is 2. The Morgan fingerprint density at radius 2 is 1.87 bits per heavy atom. The van der Waals surface area contributed by atoms with Crippen LogP contribution >= 0.6 is 0 Å². The molecule has 0 radical (unpaired) electrons. The molecule has 1 atom stereocenters. The lowest BCUT2D eigenvalue weighted by atomic mass is 10.0. The summed E-state index contributed by atoms with van der Waals surface area (Å²) in [6.07, 6.45) is 4.78. The molecule has 4 rings (SSSR count). The molecule has 4 aromatic rings. The molecule has 158 valence electrons.